The predicted octanol–water partition coefficient (Wildman–Crippen LogP) is 1.38. The van der Waals surface area contributed by atoms with Crippen LogP contribution in [0.4, 0.5) is 0 Å². The summed E-state index contributed by atoms with van der Waals surface area (Å²) in [5, 5.41) is 12.3. The van der Waals surface area contributed by atoms with Crippen LogP contribution in [0.1, 0.15) is 33.1 Å². The summed E-state index contributed by atoms with van der Waals surface area (Å²) in [6.45, 7) is 6.71. The molecule has 0 saturated carbocycles. The topological polar surface area (TPSA) is 48.3 Å². The van der Waals surface area contributed by atoms with Crippen LogP contribution >= 0.6 is 0 Å². The standard InChI is InChI=1S/C13H25N3O/c1-11(2)15-12(8-14)9-16(3)10-13-6-4-5-7-17-13/h11-13,15H,4-7,9-10H2,1-3H3. The summed E-state index contributed by atoms with van der Waals surface area (Å²) in [7, 11) is 2.06. The van der Waals surface area contributed by atoms with Crippen LogP contribution in [0.5, 0.6) is 0 Å². The van der Waals surface area contributed by atoms with E-state index in [-0.39, 0.29) is 6.04 Å². The van der Waals surface area contributed by atoms with Gasteiger partial charge in [0.2, 0.25) is 0 Å². The van der Waals surface area contributed by atoms with E-state index in [0.29, 0.717) is 12.1 Å². The summed E-state index contributed by atoms with van der Waals surface area (Å²) in [4.78, 5) is 2.19. The minimum Gasteiger partial charge on any atom is -0.377 e. The van der Waals surface area contributed by atoms with E-state index in [1.807, 2.05) is 0 Å². The first kappa shape index (κ1) is 14.4. The van der Waals surface area contributed by atoms with Gasteiger partial charge < -0.3 is 9.64 Å². The van der Waals surface area contributed by atoms with Crippen LogP contribution in [-0.4, -0.2) is 49.8 Å². The molecule has 2 atom stereocenters. The SMILES string of the molecule is CC(C)NC(C#N)CN(C)CC1CCCCO1. The first-order chi connectivity index (χ1) is 8.11. The van der Waals surface area contributed by atoms with Crippen LogP contribution in [-0.2, 0) is 4.74 Å². The molecule has 1 aliphatic heterocycles. The largest absolute Gasteiger partial charge is 0.377 e. The highest BCUT2D eigenvalue weighted by molar-refractivity contribution is 4.92. The molecule has 1 N–H and O–H groups in total. The zero-order valence-electron chi connectivity index (χ0n) is 11.3. The summed E-state index contributed by atoms with van der Waals surface area (Å²) in [5.74, 6) is 0. The van der Waals surface area contributed by atoms with Crippen molar-refractivity contribution in [1.29, 1.82) is 5.26 Å². The first-order valence-corrected chi connectivity index (χ1v) is 6.57. The lowest BCUT2D eigenvalue weighted by Gasteiger charge is -2.28. The fraction of sp³-hybridized carbons (Fsp3) is 0.923. The van der Waals surface area contributed by atoms with Crippen molar-refractivity contribution >= 4 is 0 Å². The third-order valence-electron chi connectivity index (χ3n) is 2.97. The van der Waals surface area contributed by atoms with Crippen molar-refractivity contribution in [3.05, 3.63) is 0 Å². The van der Waals surface area contributed by atoms with Gasteiger partial charge in [-0.1, -0.05) is 0 Å². The molecule has 0 radical (unpaired) electrons. The molecule has 1 saturated heterocycles. The third-order valence-corrected chi connectivity index (χ3v) is 2.97. The summed E-state index contributed by atoms with van der Waals surface area (Å²) in [5.41, 5.74) is 0. The number of nitriles is 1. The van der Waals surface area contributed by atoms with Crippen molar-refractivity contribution in [3.63, 3.8) is 0 Å². The van der Waals surface area contributed by atoms with Gasteiger partial charge in [0, 0.05) is 25.7 Å². The van der Waals surface area contributed by atoms with Gasteiger partial charge >= 0.3 is 0 Å². The molecule has 0 spiro atoms. The lowest BCUT2D eigenvalue weighted by molar-refractivity contribution is -0.00200. The van der Waals surface area contributed by atoms with Gasteiger partial charge in [-0.05, 0) is 40.2 Å². The van der Waals surface area contributed by atoms with E-state index < -0.39 is 0 Å². The maximum atomic E-state index is 9.06. The Hall–Kier alpha value is -0.630. The lowest BCUT2D eigenvalue weighted by atomic mass is 10.1. The van der Waals surface area contributed by atoms with E-state index in [2.05, 4.69) is 37.2 Å². The summed E-state index contributed by atoms with van der Waals surface area (Å²) < 4.78 is 5.70. The quantitative estimate of drug-likeness (QED) is 0.760. The predicted molar refractivity (Wildman–Crippen MR) is 68.8 cm³/mol. The highest BCUT2D eigenvalue weighted by atomic mass is 16.5. The molecule has 4 heteroatoms. The summed E-state index contributed by atoms with van der Waals surface area (Å²) in [6, 6.07) is 2.56. The fourth-order valence-electron chi connectivity index (χ4n) is 2.22. The van der Waals surface area contributed by atoms with Crippen molar-refractivity contribution in [2.75, 3.05) is 26.7 Å². The molecule has 0 aromatic heterocycles. The molecular weight excluding hydrogens is 214 g/mol. The molecule has 2 unspecified atom stereocenters. The van der Waals surface area contributed by atoms with Gasteiger partial charge in [0.05, 0.1) is 12.2 Å². The molecule has 1 fully saturated rings. The summed E-state index contributed by atoms with van der Waals surface area (Å²) >= 11 is 0. The monoisotopic (exact) mass is 239 g/mol. The van der Waals surface area contributed by atoms with Gasteiger partial charge in [0.1, 0.15) is 6.04 Å². The average molecular weight is 239 g/mol. The van der Waals surface area contributed by atoms with Crippen LogP contribution < -0.4 is 5.32 Å². The van der Waals surface area contributed by atoms with Crippen molar-refractivity contribution in [2.45, 2.75) is 51.3 Å². The molecule has 0 aliphatic carbocycles. The number of nitrogens with zero attached hydrogens (tertiary/aromatic N) is 2. The second-order valence-corrected chi connectivity index (χ2v) is 5.21. The minimum atomic E-state index is -0.0939. The van der Waals surface area contributed by atoms with Gasteiger partial charge in [-0.3, -0.25) is 5.32 Å². The van der Waals surface area contributed by atoms with E-state index in [1.165, 1.54) is 12.8 Å². The number of hydrogen-bond acceptors (Lipinski definition) is 4. The van der Waals surface area contributed by atoms with Gasteiger partial charge in [0.15, 0.2) is 0 Å². The van der Waals surface area contributed by atoms with Gasteiger partial charge in [-0.25, -0.2) is 0 Å². The second kappa shape index (κ2) is 7.65. The van der Waals surface area contributed by atoms with E-state index in [9.17, 15) is 0 Å². The Balaban J connectivity index is 2.26. The molecular formula is C13H25N3O. The molecule has 0 aromatic rings. The van der Waals surface area contributed by atoms with E-state index in [1.54, 1.807) is 0 Å². The number of hydrogen-bond donors (Lipinski definition) is 1. The average Bonchev–Trinajstić information content (AvgIpc) is 2.28. The molecule has 4 nitrogen and oxygen atoms in total. The molecule has 1 aliphatic rings. The van der Waals surface area contributed by atoms with Crippen LogP contribution in [0.3, 0.4) is 0 Å². The maximum Gasteiger partial charge on any atom is 0.108 e. The Morgan fingerprint density at radius 2 is 2.24 bits per heavy atom. The highest BCUT2D eigenvalue weighted by Crippen LogP contribution is 2.13. The minimum absolute atomic E-state index is 0.0939. The molecule has 0 aromatic carbocycles. The summed E-state index contributed by atoms with van der Waals surface area (Å²) in [6.07, 6.45) is 3.96. The van der Waals surface area contributed by atoms with Crippen LogP contribution in [0.15, 0.2) is 0 Å². The zero-order chi connectivity index (χ0) is 12.7. The second-order valence-electron chi connectivity index (χ2n) is 5.21. The molecule has 1 rings (SSSR count). The maximum absolute atomic E-state index is 9.06. The fourth-order valence-corrected chi connectivity index (χ4v) is 2.22. The molecule has 17 heavy (non-hydrogen) atoms. The van der Waals surface area contributed by atoms with Crippen LogP contribution in [0.2, 0.25) is 0 Å². The van der Waals surface area contributed by atoms with Gasteiger partial charge in [-0.15, -0.1) is 0 Å². The van der Waals surface area contributed by atoms with Crippen LogP contribution in [0, 0.1) is 11.3 Å². The Labute approximate surface area is 105 Å². The smallest absolute Gasteiger partial charge is 0.108 e. The number of ether oxygens (including phenoxy) is 1. The Morgan fingerprint density at radius 1 is 1.47 bits per heavy atom. The number of nitrogens with one attached hydrogen (secondary N) is 1. The third kappa shape index (κ3) is 6.02. The normalized spacial score (nSPS) is 22.7. The van der Waals surface area contributed by atoms with Crippen molar-refractivity contribution in [2.24, 2.45) is 0 Å². The first-order valence-electron chi connectivity index (χ1n) is 6.57. The lowest BCUT2D eigenvalue weighted by Crippen LogP contribution is -2.44. The van der Waals surface area contributed by atoms with Crippen LogP contribution in [0.25, 0.3) is 0 Å². The molecule has 0 bridgehead atoms. The molecule has 0 amide bonds. The van der Waals surface area contributed by atoms with Gasteiger partial charge in [-0.2, -0.15) is 5.26 Å². The van der Waals surface area contributed by atoms with E-state index in [4.69, 9.17) is 10.00 Å². The Bertz CT molecular complexity index is 244. The Kier molecular flexibility index (Phi) is 6.49. The molecule has 98 valence electrons. The number of likely N-dealkylation sites (N-methyl/N-ethyl adjacent to an activating group) is 1. The van der Waals surface area contributed by atoms with E-state index >= 15 is 0 Å². The Morgan fingerprint density at radius 3 is 2.76 bits per heavy atom. The zero-order valence-corrected chi connectivity index (χ0v) is 11.3. The van der Waals surface area contributed by atoms with Crippen molar-refractivity contribution < 1.29 is 4.74 Å². The van der Waals surface area contributed by atoms with Crippen molar-refractivity contribution in [1.82, 2.24) is 10.2 Å². The van der Waals surface area contributed by atoms with Gasteiger partial charge in [0.25, 0.3) is 0 Å². The molecule has 1 heterocycles. The highest BCUT2D eigenvalue weighted by Gasteiger charge is 2.18. The van der Waals surface area contributed by atoms with E-state index in [0.717, 1.165) is 26.1 Å². The van der Waals surface area contributed by atoms with Crippen molar-refractivity contribution in [3.8, 4) is 6.07 Å². The number of rotatable bonds is 6.